The van der Waals surface area contributed by atoms with E-state index in [0.29, 0.717) is 27.6 Å². The summed E-state index contributed by atoms with van der Waals surface area (Å²) in [5.74, 6) is 0.373. The zero-order valence-corrected chi connectivity index (χ0v) is 19.9. The first-order valence-electron chi connectivity index (χ1n) is 10.9. The van der Waals surface area contributed by atoms with Crippen LogP contribution in [0.1, 0.15) is 47.9 Å². The minimum atomic E-state index is -0.340. The number of carbonyl (C=O) groups is 2. The van der Waals surface area contributed by atoms with E-state index in [0.717, 1.165) is 30.9 Å². The summed E-state index contributed by atoms with van der Waals surface area (Å²) in [4.78, 5) is 33.5. The molecule has 1 aliphatic rings. The van der Waals surface area contributed by atoms with Crippen molar-refractivity contribution in [1.82, 2.24) is 19.5 Å². The number of halogens is 1. The molecule has 2 amide bonds. The number of nitrogens with one attached hydrogen (secondary N) is 1. The number of anilines is 2. The van der Waals surface area contributed by atoms with Gasteiger partial charge in [0.15, 0.2) is 5.65 Å². The van der Waals surface area contributed by atoms with E-state index in [2.05, 4.69) is 15.3 Å². The average Bonchev–Trinajstić information content (AvgIpc) is 3.38. The van der Waals surface area contributed by atoms with Crippen molar-refractivity contribution in [1.29, 1.82) is 0 Å². The Kier molecular flexibility index (Phi) is 6.27. The summed E-state index contributed by atoms with van der Waals surface area (Å²) >= 11 is 6.13. The second-order valence-corrected chi connectivity index (χ2v) is 9.01. The molecule has 3 N–H and O–H groups in total. The van der Waals surface area contributed by atoms with Crippen molar-refractivity contribution in [3.05, 3.63) is 52.3 Å². The van der Waals surface area contributed by atoms with Crippen LogP contribution < -0.4 is 16.0 Å². The summed E-state index contributed by atoms with van der Waals surface area (Å²) in [5, 5.41) is 7.77. The van der Waals surface area contributed by atoms with Gasteiger partial charge in [-0.2, -0.15) is 5.10 Å². The highest BCUT2D eigenvalue weighted by Crippen LogP contribution is 2.28. The van der Waals surface area contributed by atoms with Crippen molar-refractivity contribution >= 4 is 40.6 Å². The highest BCUT2D eigenvalue weighted by molar-refractivity contribution is 6.31. The van der Waals surface area contributed by atoms with Crippen molar-refractivity contribution in [2.45, 2.75) is 39.3 Å². The van der Waals surface area contributed by atoms with E-state index in [-0.39, 0.29) is 23.9 Å². The van der Waals surface area contributed by atoms with Crippen LogP contribution in [0, 0.1) is 6.92 Å². The molecular weight excluding hydrogens is 442 g/mol. The van der Waals surface area contributed by atoms with Gasteiger partial charge in [-0.1, -0.05) is 11.6 Å². The number of nitrogens with zero attached hydrogens (tertiary/aromatic N) is 5. The van der Waals surface area contributed by atoms with Gasteiger partial charge in [0.2, 0.25) is 5.91 Å². The zero-order valence-electron chi connectivity index (χ0n) is 19.2. The maximum atomic E-state index is 13.3. The Morgan fingerprint density at radius 1 is 1.33 bits per heavy atom. The van der Waals surface area contributed by atoms with E-state index in [9.17, 15) is 9.59 Å². The largest absolute Gasteiger partial charge is 0.355 e. The molecule has 0 unspecified atom stereocenters. The third kappa shape index (κ3) is 4.65. The van der Waals surface area contributed by atoms with Crippen molar-refractivity contribution < 1.29 is 9.59 Å². The molecule has 4 rings (SSSR count). The Hall–Kier alpha value is -3.17. The van der Waals surface area contributed by atoms with Gasteiger partial charge in [-0.25, -0.2) is 9.50 Å². The number of benzene rings is 1. The van der Waals surface area contributed by atoms with Crippen LogP contribution in [0.4, 0.5) is 11.5 Å². The summed E-state index contributed by atoms with van der Waals surface area (Å²) in [6, 6.07) is 6.52. The van der Waals surface area contributed by atoms with Crippen LogP contribution in [0.5, 0.6) is 0 Å². The van der Waals surface area contributed by atoms with Crippen LogP contribution in [0.3, 0.4) is 0 Å². The lowest BCUT2D eigenvalue weighted by Crippen LogP contribution is -2.30. The number of rotatable bonds is 5. The fraction of sp³-hybridized carbons (Fsp3) is 0.391. The standard InChI is InChI=1S/C23H28ClN7O2/c1-13-11-31-21(27-22(13)30-8-7-17(25)12-30)10-20(28-31)14(2)29(4)23(33)18-9-16(24)5-6-19(18)26-15(3)32/h5-6,9-11,14,17H,7-8,12,25H2,1-4H3,(H,26,32)/t14-,17-/m0/s1. The lowest BCUT2D eigenvalue weighted by Gasteiger charge is -2.24. The predicted molar refractivity (Wildman–Crippen MR) is 129 cm³/mol. The Balaban J connectivity index is 1.62. The first-order chi connectivity index (χ1) is 15.6. The average molecular weight is 470 g/mol. The molecule has 1 aliphatic heterocycles. The summed E-state index contributed by atoms with van der Waals surface area (Å²) < 4.78 is 1.74. The summed E-state index contributed by atoms with van der Waals surface area (Å²) in [6.07, 6.45) is 2.90. The molecule has 3 heterocycles. The fourth-order valence-corrected chi connectivity index (χ4v) is 4.25. The number of aromatic nitrogens is 3. The topological polar surface area (TPSA) is 109 Å². The lowest BCUT2D eigenvalue weighted by molar-refractivity contribution is -0.114. The second-order valence-electron chi connectivity index (χ2n) is 8.58. The zero-order chi connectivity index (χ0) is 23.9. The first kappa shape index (κ1) is 23.0. The van der Waals surface area contributed by atoms with Gasteiger partial charge in [0.1, 0.15) is 5.82 Å². The van der Waals surface area contributed by atoms with Crippen LogP contribution in [-0.2, 0) is 4.79 Å². The monoisotopic (exact) mass is 469 g/mol. The normalized spacial score (nSPS) is 16.8. The van der Waals surface area contributed by atoms with E-state index in [1.807, 2.05) is 26.1 Å². The van der Waals surface area contributed by atoms with E-state index in [4.69, 9.17) is 22.3 Å². The fourth-order valence-electron chi connectivity index (χ4n) is 4.08. The van der Waals surface area contributed by atoms with E-state index >= 15 is 0 Å². The number of amides is 2. The Bertz CT molecular complexity index is 1220. The molecule has 10 heteroatoms. The van der Waals surface area contributed by atoms with Gasteiger partial charge < -0.3 is 20.9 Å². The van der Waals surface area contributed by atoms with Gasteiger partial charge in [-0.05, 0) is 38.5 Å². The van der Waals surface area contributed by atoms with E-state index in [1.165, 1.54) is 6.92 Å². The predicted octanol–water partition coefficient (Wildman–Crippen LogP) is 3.02. The Morgan fingerprint density at radius 3 is 2.76 bits per heavy atom. The van der Waals surface area contributed by atoms with Crippen molar-refractivity contribution in [2.75, 3.05) is 30.4 Å². The van der Waals surface area contributed by atoms with Crippen LogP contribution in [-0.4, -0.2) is 57.5 Å². The SMILES string of the molecule is CC(=O)Nc1ccc(Cl)cc1C(=O)N(C)[C@@H](C)c1cc2nc(N3CC[C@H](N)C3)c(C)cn2n1. The smallest absolute Gasteiger partial charge is 0.256 e. The molecule has 0 spiro atoms. The minimum Gasteiger partial charge on any atom is -0.355 e. The van der Waals surface area contributed by atoms with Crippen molar-refractivity contribution in [2.24, 2.45) is 5.73 Å². The first-order valence-corrected chi connectivity index (χ1v) is 11.2. The summed E-state index contributed by atoms with van der Waals surface area (Å²) in [7, 11) is 1.70. The maximum Gasteiger partial charge on any atom is 0.256 e. The van der Waals surface area contributed by atoms with Crippen molar-refractivity contribution in [3.63, 3.8) is 0 Å². The van der Waals surface area contributed by atoms with Gasteiger partial charge in [0.05, 0.1) is 23.0 Å². The van der Waals surface area contributed by atoms with Crippen LogP contribution in [0.2, 0.25) is 5.02 Å². The van der Waals surface area contributed by atoms with Gasteiger partial charge >= 0.3 is 0 Å². The molecule has 1 aromatic carbocycles. The minimum absolute atomic E-state index is 0.163. The van der Waals surface area contributed by atoms with Gasteiger partial charge in [0.25, 0.3) is 5.91 Å². The quantitative estimate of drug-likeness (QED) is 0.594. The highest BCUT2D eigenvalue weighted by atomic mass is 35.5. The molecule has 1 saturated heterocycles. The molecule has 0 saturated carbocycles. The summed E-state index contributed by atoms with van der Waals surface area (Å²) in [5.41, 5.74) is 9.23. The Morgan fingerprint density at radius 2 is 2.09 bits per heavy atom. The van der Waals surface area contributed by atoms with E-state index < -0.39 is 0 Å². The summed E-state index contributed by atoms with van der Waals surface area (Å²) in [6.45, 7) is 6.97. The molecule has 0 bridgehead atoms. The Labute approximate surface area is 197 Å². The van der Waals surface area contributed by atoms with Gasteiger partial charge in [-0.3, -0.25) is 9.59 Å². The lowest BCUT2D eigenvalue weighted by atomic mass is 10.1. The highest BCUT2D eigenvalue weighted by Gasteiger charge is 2.26. The molecule has 2 atom stereocenters. The molecule has 0 aliphatic carbocycles. The number of fused-ring (bicyclic) bond motifs is 1. The molecule has 0 radical (unpaired) electrons. The van der Waals surface area contributed by atoms with Gasteiger partial charge in [0, 0.05) is 56.0 Å². The number of hydrogen-bond acceptors (Lipinski definition) is 6. The number of nitrogens with two attached hydrogens (primary N) is 1. The van der Waals surface area contributed by atoms with Gasteiger partial charge in [-0.15, -0.1) is 0 Å². The van der Waals surface area contributed by atoms with Crippen LogP contribution in [0.15, 0.2) is 30.5 Å². The molecule has 9 nitrogen and oxygen atoms in total. The van der Waals surface area contributed by atoms with Crippen molar-refractivity contribution in [3.8, 4) is 0 Å². The molecular formula is C23H28ClN7O2. The second kappa shape index (κ2) is 8.99. The molecule has 2 aromatic heterocycles. The van der Waals surface area contributed by atoms with Crippen LogP contribution in [0.25, 0.3) is 5.65 Å². The third-order valence-electron chi connectivity index (χ3n) is 6.00. The number of hydrogen-bond donors (Lipinski definition) is 2. The number of aryl methyl sites for hydroxylation is 1. The molecule has 33 heavy (non-hydrogen) atoms. The van der Waals surface area contributed by atoms with E-state index in [1.54, 1.807) is 34.7 Å². The molecule has 174 valence electrons. The molecule has 1 fully saturated rings. The maximum absolute atomic E-state index is 13.3. The van der Waals surface area contributed by atoms with Crippen LogP contribution >= 0.6 is 11.6 Å². The third-order valence-corrected chi connectivity index (χ3v) is 6.24. The number of carbonyl (C=O) groups excluding carboxylic acids is 2. The molecule has 3 aromatic rings.